The van der Waals surface area contributed by atoms with Gasteiger partial charge in [-0.1, -0.05) is 19.4 Å². The third-order valence-corrected chi connectivity index (χ3v) is 9.02. The number of likely N-dealkylation sites (tertiary alicyclic amines) is 1. The lowest BCUT2D eigenvalue weighted by molar-refractivity contribution is -0.160. The maximum atomic E-state index is 15.0. The number of rotatable bonds is 18. The van der Waals surface area contributed by atoms with Crippen molar-refractivity contribution in [3.8, 4) is 11.6 Å². The first-order chi connectivity index (χ1) is 23.5. The molecule has 2 amide bonds. The van der Waals surface area contributed by atoms with E-state index in [2.05, 4.69) is 24.0 Å². The van der Waals surface area contributed by atoms with E-state index in [0.717, 1.165) is 61.0 Å². The fourth-order valence-corrected chi connectivity index (χ4v) is 6.37. The summed E-state index contributed by atoms with van der Waals surface area (Å²) in [5, 5.41) is 0. The van der Waals surface area contributed by atoms with Crippen LogP contribution in [0.15, 0.2) is 36.5 Å². The van der Waals surface area contributed by atoms with Gasteiger partial charge in [0.05, 0.1) is 19.1 Å². The van der Waals surface area contributed by atoms with Crippen molar-refractivity contribution < 1.29 is 38.0 Å². The van der Waals surface area contributed by atoms with Crippen LogP contribution < -0.4 is 9.47 Å². The van der Waals surface area contributed by atoms with Crippen molar-refractivity contribution in [3.63, 3.8) is 0 Å². The second kappa shape index (κ2) is 18.0. The van der Waals surface area contributed by atoms with Crippen molar-refractivity contribution in [3.05, 3.63) is 53.2 Å². The minimum atomic E-state index is -1.01. The molecule has 0 spiro atoms. The molecule has 0 bridgehead atoms. The molecule has 2 atom stereocenters. The molecule has 11 nitrogen and oxygen atoms in total. The molecule has 1 aromatic carbocycles. The second-order valence-corrected chi connectivity index (χ2v) is 14.0. The zero-order valence-corrected chi connectivity index (χ0v) is 30.6. The molecule has 1 saturated carbocycles. The van der Waals surface area contributed by atoms with Gasteiger partial charge in [-0.3, -0.25) is 4.79 Å². The van der Waals surface area contributed by atoms with Crippen LogP contribution in [0, 0.1) is 5.92 Å². The summed E-state index contributed by atoms with van der Waals surface area (Å²) in [6.07, 6.45) is 7.13. The fraction of sp³-hybridized carbons (Fsp3) is 0.658. The first-order valence-electron chi connectivity index (χ1n) is 17.7. The third-order valence-electron chi connectivity index (χ3n) is 9.02. The first kappa shape index (κ1) is 38.4. The van der Waals surface area contributed by atoms with Gasteiger partial charge >= 0.3 is 6.09 Å². The van der Waals surface area contributed by atoms with Gasteiger partial charge in [-0.05, 0) is 94.2 Å². The number of amides is 2. The quantitative estimate of drug-likeness (QED) is 0.171. The summed E-state index contributed by atoms with van der Waals surface area (Å²) in [4.78, 5) is 36.5. The van der Waals surface area contributed by atoms with E-state index in [-0.39, 0.29) is 18.5 Å². The number of ether oxygens (including phenoxy) is 6. The SMILES string of the molecule is CCCCOc1cc([C@@]2(OC)CCN(C(=O)OC(C)(C)C)C[C@@H]2C(=O)N(Cc2cc(CCCOC)cc(OCCOC)c2)C2CC2)ccn1. The van der Waals surface area contributed by atoms with Crippen LogP contribution in [0.4, 0.5) is 4.79 Å². The van der Waals surface area contributed by atoms with Crippen molar-refractivity contribution >= 4 is 12.0 Å². The number of piperidine rings is 1. The number of aromatic nitrogens is 1. The molecule has 1 aromatic heterocycles. The summed E-state index contributed by atoms with van der Waals surface area (Å²) in [6, 6.07) is 10.1. The molecule has 2 aromatic rings. The molecule has 272 valence electrons. The molecule has 2 fully saturated rings. The highest BCUT2D eigenvalue weighted by molar-refractivity contribution is 5.82. The lowest BCUT2D eigenvalue weighted by atomic mass is 9.75. The van der Waals surface area contributed by atoms with Crippen molar-refractivity contribution in [2.75, 3.05) is 60.8 Å². The highest BCUT2D eigenvalue weighted by atomic mass is 16.6. The Hall–Kier alpha value is -3.41. The monoisotopic (exact) mass is 683 g/mol. The van der Waals surface area contributed by atoms with Crippen LogP contribution in [-0.2, 0) is 42.3 Å². The summed E-state index contributed by atoms with van der Waals surface area (Å²) in [5.74, 6) is 0.480. The van der Waals surface area contributed by atoms with Crippen LogP contribution in [0.5, 0.6) is 11.6 Å². The Bertz CT molecular complexity index is 1330. The van der Waals surface area contributed by atoms with Gasteiger partial charge in [0.1, 0.15) is 23.6 Å². The summed E-state index contributed by atoms with van der Waals surface area (Å²) in [5.41, 5.74) is 1.24. The number of unbranched alkanes of at least 4 members (excludes halogenated alkanes) is 1. The van der Waals surface area contributed by atoms with Crippen molar-refractivity contribution in [1.29, 1.82) is 0 Å². The lowest BCUT2D eigenvalue weighted by Gasteiger charge is -2.47. The molecule has 0 N–H and O–H groups in total. The number of carbonyl (C=O) groups is 2. The first-order valence-corrected chi connectivity index (χ1v) is 17.7. The fourth-order valence-electron chi connectivity index (χ4n) is 6.37. The van der Waals surface area contributed by atoms with Gasteiger partial charge in [0.25, 0.3) is 0 Å². The van der Waals surface area contributed by atoms with Gasteiger partial charge in [0.15, 0.2) is 0 Å². The van der Waals surface area contributed by atoms with Crippen LogP contribution in [0.3, 0.4) is 0 Å². The molecule has 49 heavy (non-hydrogen) atoms. The number of benzene rings is 1. The minimum absolute atomic E-state index is 0.0606. The van der Waals surface area contributed by atoms with Crippen molar-refractivity contribution in [2.24, 2.45) is 5.92 Å². The minimum Gasteiger partial charge on any atom is -0.491 e. The van der Waals surface area contributed by atoms with E-state index < -0.39 is 23.2 Å². The largest absolute Gasteiger partial charge is 0.491 e. The number of hydrogen-bond acceptors (Lipinski definition) is 9. The molecule has 4 rings (SSSR count). The molecule has 0 unspecified atom stereocenters. The number of methoxy groups -OCH3 is 3. The van der Waals surface area contributed by atoms with Crippen molar-refractivity contribution in [2.45, 2.75) is 96.4 Å². The van der Waals surface area contributed by atoms with Crippen LogP contribution in [0.2, 0.25) is 0 Å². The number of aryl methyl sites for hydroxylation is 1. The Morgan fingerprint density at radius 1 is 0.959 bits per heavy atom. The second-order valence-electron chi connectivity index (χ2n) is 14.0. The molecule has 1 aliphatic heterocycles. The van der Waals surface area contributed by atoms with Crippen LogP contribution in [0.1, 0.15) is 82.9 Å². The summed E-state index contributed by atoms with van der Waals surface area (Å²) >= 11 is 0. The van der Waals surface area contributed by atoms with E-state index >= 15 is 4.79 Å². The summed E-state index contributed by atoms with van der Waals surface area (Å²) in [6.45, 7) is 10.7. The standard InChI is InChI=1S/C38H57N3O8/c1-8-9-19-48-34-25-30(14-16-39-34)38(46-7)15-17-40(36(43)49-37(2,3)4)27-33(38)35(42)41(31-12-13-31)26-29-22-28(11-10-18-44-5)23-32(24-29)47-21-20-45-6/h14,16,22-25,31,33H,8-13,15,17-21,26-27H2,1-7H3/t33-,38+/m1/s1. The lowest BCUT2D eigenvalue weighted by Crippen LogP contribution is -2.58. The predicted octanol–water partition coefficient (Wildman–Crippen LogP) is 6.15. The molecule has 11 heteroatoms. The zero-order chi connectivity index (χ0) is 35.4. The molecule has 2 heterocycles. The maximum Gasteiger partial charge on any atom is 0.410 e. The van der Waals surface area contributed by atoms with Crippen LogP contribution in [0.25, 0.3) is 0 Å². The highest BCUT2D eigenvalue weighted by Gasteiger charge is 2.52. The van der Waals surface area contributed by atoms with Crippen molar-refractivity contribution in [1.82, 2.24) is 14.8 Å². The Labute approximate surface area is 292 Å². The van der Waals surface area contributed by atoms with E-state index in [0.29, 0.717) is 51.8 Å². The maximum absolute atomic E-state index is 15.0. The number of carbonyl (C=O) groups excluding carboxylic acids is 2. The van der Waals surface area contributed by atoms with E-state index in [1.807, 2.05) is 43.9 Å². The van der Waals surface area contributed by atoms with E-state index in [1.165, 1.54) is 0 Å². The van der Waals surface area contributed by atoms with E-state index in [4.69, 9.17) is 28.4 Å². The number of hydrogen-bond donors (Lipinski definition) is 0. The molecule has 2 aliphatic rings. The summed E-state index contributed by atoms with van der Waals surface area (Å²) < 4.78 is 34.7. The van der Waals surface area contributed by atoms with Gasteiger partial charge < -0.3 is 38.2 Å². The average molecular weight is 684 g/mol. The normalized spacial score (nSPS) is 19.4. The Morgan fingerprint density at radius 2 is 1.71 bits per heavy atom. The number of nitrogens with zero attached hydrogens (tertiary/aromatic N) is 3. The van der Waals surface area contributed by atoms with Gasteiger partial charge in [0.2, 0.25) is 11.8 Å². The zero-order valence-electron chi connectivity index (χ0n) is 30.6. The van der Waals surface area contributed by atoms with Gasteiger partial charge in [-0.2, -0.15) is 0 Å². The highest BCUT2D eigenvalue weighted by Crippen LogP contribution is 2.44. The van der Waals surface area contributed by atoms with Crippen LogP contribution >= 0.6 is 0 Å². The van der Waals surface area contributed by atoms with Crippen LogP contribution in [-0.4, -0.2) is 99.3 Å². The molecular formula is C38H57N3O8. The van der Waals surface area contributed by atoms with E-state index in [9.17, 15) is 4.79 Å². The Morgan fingerprint density at radius 3 is 2.39 bits per heavy atom. The van der Waals surface area contributed by atoms with Gasteiger partial charge in [-0.15, -0.1) is 0 Å². The average Bonchev–Trinajstić information content (AvgIpc) is 3.92. The molecule has 1 saturated heterocycles. The Kier molecular flexibility index (Phi) is 14.1. The smallest absolute Gasteiger partial charge is 0.410 e. The third kappa shape index (κ3) is 10.8. The van der Waals surface area contributed by atoms with Gasteiger partial charge in [-0.25, -0.2) is 9.78 Å². The topological polar surface area (TPSA) is 109 Å². The molecular weight excluding hydrogens is 626 g/mol. The van der Waals surface area contributed by atoms with E-state index in [1.54, 1.807) is 32.4 Å². The number of pyridine rings is 1. The Balaban J connectivity index is 1.69. The molecule has 1 aliphatic carbocycles. The summed E-state index contributed by atoms with van der Waals surface area (Å²) in [7, 11) is 5.00. The van der Waals surface area contributed by atoms with Gasteiger partial charge in [0, 0.05) is 65.9 Å². The predicted molar refractivity (Wildman–Crippen MR) is 187 cm³/mol. The molecule has 0 radical (unpaired) electrons.